The molecule has 3 aliphatic rings. The summed E-state index contributed by atoms with van der Waals surface area (Å²) in [6.07, 6.45) is 3.86. The van der Waals surface area contributed by atoms with Crippen LogP contribution in [0.25, 0.3) is 0 Å². The summed E-state index contributed by atoms with van der Waals surface area (Å²) < 4.78 is 16.9. The highest BCUT2D eigenvalue weighted by molar-refractivity contribution is 5.72. The van der Waals surface area contributed by atoms with Gasteiger partial charge in [0.25, 0.3) is 0 Å². The van der Waals surface area contributed by atoms with E-state index in [9.17, 15) is 9.90 Å². The largest absolute Gasteiger partial charge is 0.494 e. The van der Waals surface area contributed by atoms with E-state index in [1.165, 1.54) is 5.56 Å². The number of morpholine rings is 1. The van der Waals surface area contributed by atoms with Crippen molar-refractivity contribution in [1.82, 2.24) is 9.80 Å². The molecule has 0 radical (unpaired) electrons. The zero-order valence-corrected chi connectivity index (χ0v) is 18.5. The second kappa shape index (κ2) is 10.8. The normalized spacial score (nSPS) is 24.5. The molecule has 0 saturated carbocycles. The molecule has 1 unspecified atom stereocenters. The van der Waals surface area contributed by atoms with Gasteiger partial charge in [0.15, 0.2) is 0 Å². The highest BCUT2D eigenvalue weighted by atomic mass is 16.5. The van der Waals surface area contributed by atoms with Crippen molar-refractivity contribution >= 4 is 5.97 Å². The smallest absolute Gasteiger partial charge is 0.308 e. The molecule has 7 heteroatoms. The molecular formula is C24H36N2O5. The van der Waals surface area contributed by atoms with E-state index in [1.54, 1.807) is 0 Å². The molecular weight excluding hydrogens is 396 g/mol. The number of benzene rings is 1. The van der Waals surface area contributed by atoms with Crippen molar-refractivity contribution in [1.29, 1.82) is 0 Å². The molecule has 31 heavy (non-hydrogen) atoms. The fraction of sp³-hybridized carbons (Fsp3) is 0.708. The average molecular weight is 433 g/mol. The Balaban J connectivity index is 1.24. The minimum atomic E-state index is -0.668. The molecule has 1 aromatic rings. The number of likely N-dealkylation sites (tertiary alicyclic amines) is 1. The number of carboxylic acids is 1. The second-order valence-corrected chi connectivity index (χ2v) is 9.19. The lowest BCUT2D eigenvalue weighted by molar-refractivity contribution is -0.147. The highest BCUT2D eigenvalue weighted by Crippen LogP contribution is 2.44. The van der Waals surface area contributed by atoms with Crippen molar-refractivity contribution in [3.8, 4) is 5.75 Å². The van der Waals surface area contributed by atoms with Gasteiger partial charge in [0.05, 0.1) is 25.7 Å². The molecule has 1 aromatic carbocycles. The van der Waals surface area contributed by atoms with Crippen LogP contribution in [-0.4, -0.2) is 86.6 Å². The summed E-state index contributed by atoms with van der Waals surface area (Å²) in [5, 5.41) is 9.79. The van der Waals surface area contributed by atoms with Crippen molar-refractivity contribution in [3.63, 3.8) is 0 Å². The third-order valence-electron chi connectivity index (χ3n) is 7.05. The number of hydrogen-bond donors (Lipinski definition) is 1. The first kappa shape index (κ1) is 22.5. The van der Waals surface area contributed by atoms with Crippen LogP contribution in [0.5, 0.6) is 5.75 Å². The van der Waals surface area contributed by atoms with Crippen LogP contribution in [-0.2, 0) is 20.8 Å². The Morgan fingerprint density at radius 3 is 2.65 bits per heavy atom. The fourth-order valence-electron chi connectivity index (χ4n) is 5.26. The first-order valence-electron chi connectivity index (χ1n) is 11.7. The van der Waals surface area contributed by atoms with Gasteiger partial charge in [0, 0.05) is 51.4 Å². The lowest BCUT2D eigenvalue weighted by Gasteiger charge is -2.36. The highest BCUT2D eigenvalue weighted by Gasteiger charge is 2.50. The van der Waals surface area contributed by atoms with Crippen LogP contribution in [0.1, 0.15) is 31.2 Å². The lowest BCUT2D eigenvalue weighted by Crippen LogP contribution is -2.40. The van der Waals surface area contributed by atoms with Gasteiger partial charge in [-0.05, 0) is 49.9 Å². The van der Waals surface area contributed by atoms with Crippen LogP contribution in [0.15, 0.2) is 24.3 Å². The number of nitrogens with zero attached hydrogens (tertiary/aromatic N) is 2. The van der Waals surface area contributed by atoms with Gasteiger partial charge in [-0.25, -0.2) is 0 Å². The number of ether oxygens (including phenoxy) is 3. The molecule has 3 fully saturated rings. The molecule has 7 nitrogen and oxygen atoms in total. The van der Waals surface area contributed by atoms with Gasteiger partial charge in [-0.15, -0.1) is 0 Å². The summed E-state index contributed by atoms with van der Waals surface area (Å²) in [6, 6.07) is 8.26. The molecule has 0 bridgehead atoms. The van der Waals surface area contributed by atoms with E-state index in [0.29, 0.717) is 19.8 Å². The van der Waals surface area contributed by atoms with Crippen molar-refractivity contribution in [3.05, 3.63) is 29.8 Å². The van der Waals surface area contributed by atoms with E-state index < -0.39 is 5.97 Å². The van der Waals surface area contributed by atoms with Crippen molar-refractivity contribution in [2.75, 3.05) is 65.8 Å². The number of aliphatic carboxylic acids is 1. The number of hydrogen-bond acceptors (Lipinski definition) is 6. The SMILES string of the molecule is O=C(O)C1CN(Cc2cccc(OCCCCN3CCOCC3)c2)CC12CCOCC2. The zero-order chi connectivity index (χ0) is 21.5. The maximum atomic E-state index is 11.9. The predicted molar refractivity (Wildman–Crippen MR) is 117 cm³/mol. The molecule has 1 atom stereocenters. The van der Waals surface area contributed by atoms with Crippen molar-refractivity contribution < 1.29 is 24.1 Å². The Kier molecular flexibility index (Phi) is 7.82. The molecule has 1 spiro atoms. The Hall–Kier alpha value is -1.67. The summed E-state index contributed by atoms with van der Waals surface area (Å²) in [6.45, 7) is 9.17. The molecule has 0 aromatic heterocycles. The van der Waals surface area contributed by atoms with Crippen LogP contribution in [0, 0.1) is 11.3 Å². The van der Waals surface area contributed by atoms with E-state index in [1.807, 2.05) is 12.1 Å². The third kappa shape index (κ3) is 5.98. The quantitative estimate of drug-likeness (QED) is 0.601. The van der Waals surface area contributed by atoms with E-state index in [4.69, 9.17) is 14.2 Å². The minimum Gasteiger partial charge on any atom is -0.494 e. The van der Waals surface area contributed by atoms with Gasteiger partial charge >= 0.3 is 5.97 Å². The van der Waals surface area contributed by atoms with E-state index >= 15 is 0 Å². The van der Waals surface area contributed by atoms with Crippen molar-refractivity contribution in [2.24, 2.45) is 11.3 Å². The van der Waals surface area contributed by atoms with Gasteiger partial charge < -0.3 is 19.3 Å². The van der Waals surface area contributed by atoms with Crippen LogP contribution < -0.4 is 4.74 Å². The van der Waals surface area contributed by atoms with Crippen LogP contribution in [0.2, 0.25) is 0 Å². The monoisotopic (exact) mass is 432 g/mol. The number of unbranched alkanes of at least 4 members (excludes halogenated alkanes) is 1. The summed E-state index contributed by atoms with van der Waals surface area (Å²) in [5.74, 6) is -0.0699. The van der Waals surface area contributed by atoms with E-state index in [2.05, 4.69) is 21.9 Å². The van der Waals surface area contributed by atoms with Crippen LogP contribution >= 0.6 is 0 Å². The molecule has 4 rings (SSSR count). The third-order valence-corrected chi connectivity index (χ3v) is 7.05. The summed E-state index contributed by atoms with van der Waals surface area (Å²) in [5.41, 5.74) is 1.04. The standard InChI is InChI=1S/C24H36N2O5/c27-23(28)22-18-26(19-24(22)6-12-29-13-7-24)17-20-4-3-5-21(16-20)31-11-2-1-8-25-9-14-30-15-10-25/h3-5,16,22H,1-2,6-15,17-19H2,(H,27,28). The Morgan fingerprint density at radius 1 is 1.10 bits per heavy atom. The van der Waals surface area contributed by atoms with Gasteiger partial charge in [-0.2, -0.15) is 0 Å². The number of carbonyl (C=O) groups is 1. The molecule has 3 aliphatic heterocycles. The summed E-state index contributed by atoms with van der Waals surface area (Å²) >= 11 is 0. The topological polar surface area (TPSA) is 71.5 Å². The van der Waals surface area contributed by atoms with E-state index in [0.717, 1.165) is 84.0 Å². The Labute approximate surface area is 185 Å². The maximum absolute atomic E-state index is 11.9. The molecule has 1 N–H and O–H groups in total. The molecule has 172 valence electrons. The molecule has 0 amide bonds. The second-order valence-electron chi connectivity index (χ2n) is 9.19. The fourth-order valence-corrected chi connectivity index (χ4v) is 5.26. The summed E-state index contributed by atoms with van der Waals surface area (Å²) in [7, 11) is 0. The maximum Gasteiger partial charge on any atom is 0.308 e. The minimum absolute atomic E-state index is 0.140. The van der Waals surface area contributed by atoms with Crippen LogP contribution in [0.4, 0.5) is 0 Å². The first-order valence-corrected chi connectivity index (χ1v) is 11.7. The van der Waals surface area contributed by atoms with Gasteiger partial charge in [0.2, 0.25) is 0 Å². The van der Waals surface area contributed by atoms with Gasteiger partial charge in [0.1, 0.15) is 5.75 Å². The molecule has 3 saturated heterocycles. The van der Waals surface area contributed by atoms with Gasteiger partial charge in [-0.3, -0.25) is 14.6 Å². The molecule has 3 heterocycles. The average Bonchev–Trinajstić information content (AvgIpc) is 3.12. The Bertz CT molecular complexity index is 716. The van der Waals surface area contributed by atoms with Crippen LogP contribution in [0.3, 0.4) is 0 Å². The predicted octanol–water partition coefficient (Wildman–Crippen LogP) is 2.49. The van der Waals surface area contributed by atoms with E-state index in [-0.39, 0.29) is 11.3 Å². The lowest BCUT2D eigenvalue weighted by atomic mass is 9.72. The zero-order valence-electron chi connectivity index (χ0n) is 18.5. The number of carboxylic acid groups (broad SMARTS) is 1. The van der Waals surface area contributed by atoms with Crippen molar-refractivity contribution in [2.45, 2.75) is 32.2 Å². The number of rotatable bonds is 9. The summed E-state index contributed by atoms with van der Waals surface area (Å²) in [4.78, 5) is 16.7. The van der Waals surface area contributed by atoms with Gasteiger partial charge in [-0.1, -0.05) is 12.1 Å². The molecule has 0 aliphatic carbocycles. The Morgan fingerprint density at radius 2 is 1.87 bits per heavy atom. The first-order chi connectivity index (χ1) is 15.1.